The minimum atomic E-state index is -4.80. The summed E-state index contributed by atoms with van der Waals surface area (Å²) in [4.78, 5) is 0. The first kappa shape index (κ1) is 17.9. The average Bonchev–Trinajstić information content (AvgIpc) is 2.33. The fraction of sp³-hybridized carbons (Fsp3) is 0.500. The standard InChI is InChI=1S/C12H16F4N2O2S/c1-21(19,20)7-3-6-10(18-17)8-4-2-5-9(11(8)13)12(14,15)16/h2,4-5,10,18H,3,6-7,17H2,1H3. The van der Waals surface area contributed by atoms with E-state index in [4.69, 9.17) is 5.84 Å². The minimum absolute atomic E-state index is 0.0990. The molecule has 0 radical (unpaired) electrons. The second kappa shape index (κ2) is 6.71. The molecule has 9 heteroatoms. The maximum Gasteiger partial charge on any atom is 0.419 e. The van der Waals surface area contributed by atoms with Gasteiger partial charge in [0.1, 0.15) is 15.7 Å². The highest BCUT2D eigenvalue weighted by molar-refractivity contribution is 7.90. The van der Waals surface area contributed by atoms with Gasteiger partial charge in [0, 0.05) is 23.6 Å². The SMILES string of the molecule is CS(=O)(=O)CCCC(NN)c1cccc(C(F)(F)F)c1F. The van der Waals surface area contributed by atoms with Gasteiger partial charge in [0.15, 0.2) is 0 Å². The molecule has 3 N–H and O–H groups in total. The fourth-order valence-corrected chi connectivity index (χ4v) is 2.61. The van der Waals surface area contributed by atoms with Crippen molar-refractivity contribution in [3.63, 3.8) is 0 Å². The Morgan fingerprint density at radius 2 is 1.95 bits per heavy atom. The Morgan fingerprint density at radius 3 is 2.43 bits per heavy atom. The molecule has 1 rings (SSSR count). The van der Waals surface area contributed by atoms with Crippen molar-refractivity contribution in [3.05, 3.63) is 35.1 Å². The van der Waals surface area contributed by atoms with Crippen LogP contribution in [0.15, 0.2) is 18.2 Å². The van der Waals surface area contributed by atoms with Crippen molar-refractivity contribution in [2.75, 3.05) is 12.0 Å². The van der Waals surface area contributed by atoms with E-state index < -0.39 is 33.4 Å². The van der Waals surface area contributed by atoms with Crippen LogP contribution in [-0.4, -0.2) is 20.4 Å². The first-order chi connectivity index (χ1) is 9.56. The summed E-state index contributed by atoms with van der Waals surface area (Å²) in [5, 5.41) is 0. The lowest BCUT2D eigenvalue weighted by molar-refractivity contribution is -0.140. The van der Waals surface area contributed by atoms with Crippen molar-refractivity contribution in [2.24, 2.45) is 5.84 Å². The van der Waals surface area contributed by atoms with E-state index in [1.165, 1.54) is 6.07 Å². The molecule has 0 saturated carbocycles. The van der Waals surface area contributed by atoms with Crippen LogP contribution in [0.3, 0.4) is 0 Å². The van der Waals surface area contributed by atoms with Crippen LogP contribution in [0.5, 0.6) is 0 Å². The van der Waals surface area contributed by atoms with Gasteiger partial charge < -0.3 is 0 Å². The van der Waals surface area contributed by atoms with Crippen molar-refractivity contribution in [1.29, 1.82) is 0 Å². The molecule has 1 aromatic rings. The van der Waals surface area contributed by atoms with Crippen LogP contribution in [0.4, 0.5) is 17.6 Å². The molecule has 0 fully saturated rings. The van der Waals surface area contributed by atoms with Gasteiger partial charge in [0.25, 0.3) is 0 Å². The van der Waals surface area contributed by atoms with Gasteiger partial charge in [0.2, 0.25) is 0 Å². The van der Waals surface area contributed by atoms with E-state index in [0.717, 1.165) is 12.3 Å². The summed E-state index contributed by atoms with van der Waals surface area (Å²) in [6, 6.07) is 2.02. The molecule has 4 nitrogen and oxygen atoms in total. The Hall–Kier alpha value is -1.19. The highest BCUT2D eigenvalue weighted by Crippen LogP contribution is 2.34. The number of hydrogen-bond acceptors (Lipinski definition) is 4. The van der Waals surface area contributed by atoms with E-state index in [2.05, 4.69) is 5.43 Å². The average molecular weight is 328 g/mol. The van der Waals surface area contributed by atoms with Crippen LogP contribution in [-0.2, 0) is 16.0 Å². The molecule has 0 amide bonds. The molecule has 0 bridgehead atoms. The van der Waals surface area contributed by atoms with E-state index in [0.29, 0.717) is 6.07 Å². The molecule has 0 aliphatic heterocycles. The van der Waals surface area contributed by atoms with Crippen LogP contribution in [0.25, 0.3) is 0 Å². The summed E-state index contributed by atoms with van der Waals surface area (Å²) in [6.07, 6.45) is -3.50. The van der Waals surface area contributed by atoms with Crippen LogP contribution in [0.1, 0.15) is 30.0 Å². The van der Waals surface area contributed by atoms with Gasteiger partial charge in [-0.1, -0.05) is 12.1 Å². The molecule has 0 spiro atoms. The molecular weight excluding hydrogens is 312 g/mol. The lowest BCUT2D eigenvalue weighted by Gasteiger charge is -2.19. The molecule has 0 aliphatic rings. The van der Waals surface area contributed by atoms with E-state index in [-0.39, 0.29) is 24.2 Å². The number of nitrogens with one attached hydrogen (secondary N) is 1. The minimum Gasteiger partial charge on any atom is -0.271 e. The summed E-state index contributed by atoms with van der Waals surface area (Å²) >= 11 is 0. The molecule has 0 heterocycles. The van der Waals surface area contributed by atoms with E-state index in [1.54, 1.807) is 0 Å². The number of benzene rings is 1. The van der Waals surface area contributed by atoms with Gasteiger partial charge in [-0.15, -0.1) is 0 Å². The zero-order valence-corrected chi connectivity index (χ0v) is 12.1. The Kier molecular flexibility index (Phi) is 5.71. The Labute approximate surface area is 120 Å². The third kappa shape index (κ3) is 5.25. The van der Waals surface area contributed by atoms with Gasteiger partial charge in [0.05, 0.1) is 5.56 Å². The van der Waals surface area contributed by atoms with Crippen molar-refractivity contribution >= 4 is 9.84 Å². The fourth-order valence-electron chi connectivity index (χ4n) is 1.92. The summed E-state index contributed by atoms with van der Waals surface area (Å²) in [5.41, 5.74) is 0.615. The second-order valence-corrected chi connectivity index (χ2v) is 6.96. The summed E-state index contributed by atoms with van der Waals surface area (Å²) in [7, 11) is -3.19. The number of hydrogen-bond donors (Lipinski definition) is 2. The maximum absolute atomic E-state index is 13.9. The van der Waals surface area contributed by atoms with Crippen LogP contribution in [0.2, 0.25) is 0 Å². The van der Waals surface area contributed by atoms with Crippen molar-refractivity contribution < 1.29 is 26.0 Å². The summed E-state index contributed by atoms with van der Waals surface area (Å²) in [5.74, 6) is 3.69. The molecule has 120 valence electrons. The van der Waals surface area contributed by atoms with Crippen molar-refractivity contribution in [1.82, 2.24) is 5.43 Å². The number of sulfone groups is 1. The van der Waals surface area contributed by atoms with Crippen molar-refractivity contribution in [3.8, 4) is 0 Å². The quantitative estimate of drug-likeness (QED) is 0.477. The van der Waals surface area contributed by atoms with Crippen LogP contribution < -0.4 is 11.3 Å². The predicted octanol–water partition coefficient (Wildman–Crippen LogP) is 2.17. The van der Waals surface area contributed by atoms with Crippen LogP contribution >= 0.6 is 0 Å². The third-order valence-electron chi connectivity index (χ3n) is 2.92. The molecule has 1 atom stereocenters. The topological polar surface area (TPSA) is 72.2 Å². The Balaban J connectivity index is 2.96. The van der Waals surface area contributed by atoms with E-state index in [1.807, 2.05) is 0 Å². The van der Waals surface area contributed by atoms with Gasteiger partial charge in [-0.05, 0) is 18.9 Å². The highest BCUT2D eigenvalue weighted by Gasteiger charge is 2.35. The van der Waals surface area contributed by atoms with Crippen molar-refractivity contribution in [2.45, 2.75) is 25.1 Å². The number of alkyl halides is 3. The Morgan fingerprint density at radius 1 is 1.33 bits per heavy atom. The van der Waals surface area contributed by atoms with E-state index in [9.17, 15) is 26.0 Å². The first-order valence-corrected chi connectivity index (χ1v) is 8.11. The number of rotatable bonds is 6. The number of nitrogens with two attached hydrogens (primary N) is 1. The number of halogens is 4. The monoisotopic (exact) mass is 328 g/mol. The molecule has 1 unspecified atom stereocenters. The third-order valence-corrected chi connectivity index (χ3v) is 3.95. The second-order valence-electron chi connectivity index (χ2n) is 4.70. The smallest absolute Gasteiger partial charge is 0.271 e. The molecule has 21 heavy (non-hydrogen) atoms. The highest BCUT2D eigenvalue weighted by atomic mass is 32.2. The molecule has 0 aromatic heterocycles. The van der Waals surface area contributed by atoms with Gasteiger partial charge >= 0.3 is 6.18 Å². The molecule has 0 saturated heterocycles. The maximum atomic E-state index is 13.9. The molecule has 0 aliphatic carbocycles. The lowest BCUT2D eigenvalue weighted by atomic mass is 9.99. The lowest BCUT2D eigenvalue weighted by Crippen LogP contribution is -2.29. The van der Waals surface area contributed by atoms with E-state index >= 15 is 0 Å². The Bertz CT molecular complexity index is 587. The normalized spacial score (nSPS) is 14.2. The zero-order valence-electron chi connectivity index (χ0n) is 11.2. The van der Waals surface area contributed by atoms with Gasteiger partial charge in [-0.25, -0.2) is 12.8 Å². The first-order valence-electron chi connectivity index (χ1n) is 6.05. The van der Waals surface area contributed by atoms with Crippen LogP contribution in [0, 0.1) is 5.82 Å². The predicted molar refractivity (Wildman–Crippen MR) is 70.4 cm³/mol. The summed E-state index contributed by atoms with van der Waals surface area (Å²) in [6.45, 7) is 0. The zero-order chi connectivity index (χ0) is 16.3. The number of hydrazine groups is 1. The molecular formula is C12H16F4N2O2S. The molecule has 1 aromatic carbocycles. The van der Waals surface area contributed by atoms with Gasteiger partial charge in [-0.3, -0.25) is 11.3 Å². The van der Waals surface area contributed by atoms with Gasteiger partial charge in [-0.2, -0.15) is 13.2 Å². The largest absolute Gasteiger partial charge is 0.419 e. The summed E-state index contributed by atoms with van der Waals surface area (Å²) < 4.78 is 73.9.